The van der Waals surface area contributed by atoms with Crippen molar-refractivity contribution < 1.29 is 4.42 Å². The predicted octanol–water partition coefficient (Wildman–Crippen LogP) is 2.84. The molecule has 0 saturated carbocycles. The number of aromatic nitrogens is 3. The molecular formula is C13H10N4O. The van der Waals surface area contributed by atoms with Crippen molar-refractivity contribution >= 4 is 16.7 Å². The maximum absolute atomic E-state index is 5.25. The van der Waals surface area contributed by atoms with Crippen molar-refractivity contribution in [2.75, 3.05) is 5.32 Å². The summed E-state index contributed by atoms with van der Waals surface area (Å²) in [6.45, 7) is 3.60. The van der Waals surface area contributed by atoms with Crippen molar-refractivity contribution in [2.45, 2.75) is 0 Å². The van der Waals surface area contributed by atoms with Gasteiger partial charge in [0.25, 0.3) is 0 Å². The van der Waals surface area contributed by atoms with Crippen LogP contribution in [0.15, 0.2) is 54.3 Å². The Labute approximate surface area is 103 Å². The zero-order valence-corrected chi connectivity index (χ0v) is 9.50. The number of hydrogen-bond acceptors (Lipinski definition) is 5. The van der Waals surface area contributed by atoms with Crippen LogP contribution in [-0.2, 0) is 0 Å². The standard InChI is InChI=1S/C13H10N4O/c1-2-15-13-4-9-3-10(12-7-14-8-18-12)5-16-11(9)6-17-13/h2-8H,1H2,(H,15,17). The zero-order chi connectivity index (χ0) is 12.4. The van der Waals surface area contributed by atoms with E-state index in [1.165, 1.54) is 6.39 Å². The summed E-state index contributed by atoms with van der Waals surface area (Å²) in [4.78, 5) is 12.4. The van der Waals surface area contributed by atoms with Crippen molar-refractivity contribution in [3.8, 4) is 11.3 Å². The van der Waals surface area contributed by atoms with E-state index < -0.39 is 0 Å². The third-order valence-corrected chi connectivity index (χ3v) is 2.53. The number of rotatable bonds is 3. The molecule has 0 amide bonds. The molecule has 5 heteroatoms. The van der Waals surface area contributed by atoms with Gasteiger partial charge in [-0.15, -0.1) is 0 Å². The predicted molar refractivity (Wildman–Crippen MR) is 68.9 cm³/mol. The average Bonchev–Trinajstić information content (AvgIpc) is 2.92. The van der Waals surface area contributed by atoms with Crippen molar-refractivity contribution in [1.29, 1.82) is 0 Å². The van der Waals surface area contributed by atoms with Crippen LogP contribution in [0.5, 0.6) is 0 Å². The number of pyridine rings is 2. The summed E-state index contributed by atoms with van der Waals surface area (Å²) in [5.41, 5.74) is 1.71. The Morgan fingerprint density at radius 2 is 2.11 bits per heavy atom. The minimum atomic E-state index is 0.694. The fraction of sp³-hybridized carbons (Fsp3) is 0. The first-order chi connectivity index (χ1) is 8.86. The molecule has 3 rings (SSSR count). The molecule has 3 heterocycles. The summed E-state index contributed by atoms with van der Waals surface area (Å²) in [7, 11) is 0. The number of hydrogen-bond donors (Lipinski definition) is 1. The molecule has 0 aliphatic rings. The van der Waals surface area contributed by atoms with Gasteiger partial charge in [0.1, 0.15) is 5.82 Å². The van der Waals surface area contributed by atoms with Gasteiger partial charge >= 0.3 is 0 Å². The molecule has 0 saturated heterocycles. The first-order valence-electron chi connectivity index (χ1n) is 5.39. The Kier molecular flexibility index (Phi) is 2.49. The summed E-state index contributed by atoms with van der Waals surface area (Å²) in [6.07, 6.45) is 8.10. The van der Waals surface area contributed by atoms with Crippen LogP contribution >= 0.6 is 0 Å². The van der Waals surface area contributed by atoms with E-state index in [0.717, 1.165) is 22.3 Å². The fourth-order valence-electron chi connectivity index (χ4n) is 1.71. The Hall–Kier alpha value is -2.69. The van der Waals surface area contributed by atoms with Crippen LogP contribution < -0.4 is 5.32 Å². The lowest BCUT2D eigenvalue weighted by Gasteiger charge is -2.03. The van der Waals surface area contributed by atoms with Crippen LogP contribution in [0.4, 0.5) is 5.82 Å². The Morgan fingerprint density at radius 3 is 2.89 bits per heavy atom. The van der Waals surface area contributed by atoms with Crippen LogP contribution in [-0.4, -0.2) is 15.0 Å². The van der Waals surface area contributed by atoms with Gasteiger partial charge in [-0.3, -0.25) is 4.98 Å². The maximum atomic E-state index is 5.25. The van der Waals surface area contributed by atoms with Crippen molar-refractivity contribution in [3.05, 3.63) is 49.9 Å². The van der Waals surface area contributed by atoms with Gasteiger partial charge < -0.3 is 9.73 Å². The van der Waals surface area contributed by atoms with Gasteiger partial charge in [-0.25, -0.2) is 9.97 Å². The fourth-order valence-corrected chi connectivity index (χ4v) is 1.71. The van der Waals surface area contributed by atoms with Crippen LogP contribution in [0.2, 0.25) is 0 Å². The number of nitrogens with one attached hydrogen (secondary N) is 1. The second-order valence-electron chi connectivity index (χ2n) is 3.70. The highest BCUT2D eigenvalue weighted by atomic mass is 16.3. The van der Waals surface area contributed by atoms with E-state index >= 15 is 0 Å². The molecule has 88 valence electrons. The molecule has 3 aromatic heterocycles. The number of anilines is 1. The summed E-state index contributed by atoms with van der Waals surface area (Å²) in [5.74, 6) is 1.42. The van der Waals surface area contributed by atoms with E-state index in [2.05, 4.69) is 26.8 Å². The van der Waals surface area contributed by atoms with Gasteiger partial charge in [-0.05, 0) is 18.3 Å². The normalized spacial score (nSPS) is 10.4. The number of oxazole rings is 1. The second-order valence-corrected chi connectivity index (χ2v) is 3.70. The molecule has 0 radical (unpaired) electrons. The summed E-state index contributed by atoms with van der Waals surface area (Å²) in [6, 6.07) is 3.89. The summed E-state index contributed by atoms with van der Waals surface area (Å²) < 4.78 is 5.25. The molecule has 0 aromatic carbocycles. The molecule has 0 spiro atoms. The largest absolute Gasteiger partial charge is 0.443 e. The molecule has 0 aliphatic heterocycles. The first kappa shape index (κ1) is 10.5. The molecule has 18 heavy (non-hydrogen) atoms. The van der Waals surface area contributed by atoms with Gasteiger partial charge in [0.05, 0.1) is 17.9 Å². The minimum absolute atomic E-state index is 0.694. The van der Waals surface area contributed by atoms with E-state index in [1.54, 1.807) is 24.8 Å². The smallest absolute Gasteiger partial charge is 0.181 e. The van der Waals surface area contributed by atoms with Gasteiger partial charge in [0.15, 0.2) is 12.2 Å². The van der Waals surface area contributed by atoms with E-state index in [1.807, 2.05) is 12.1 Å². The van der Waals surface area contributed by atoms with Gasteiger partial charge in [0, 0.05) is 17.1 Å². The molecule has 0 atom stereocenters. The second kappa shape index (κ2) is 4.29. The lowest BCUT2D eigenvalue weighted by Crippen LogP contribution is -1.91. The van der Waals surface area contributed by atoms with Crippen molar-refractivity contribution in [2.24, 2.45) is 0 Å². The van der Waals surface area contributed by atoms with Crippen molar-refractivity contribution in [1.82, 2.24) is 15.0 Å². The summed E-state index contributed by atoms with van der Waals surface area (Å²) >= 11 is 0. The third kappa shape index (κ3) is 1.82. The Balaban J connectivity index is 2.12. The maximum Gasteiger partial charge on any atom is 0.181 e. The van der Waals surface area contributed by atoms with Gasteiger partial charge in [-0.2, -0.15) is 0 Å². The molecule has 0 aliphatic carbocycles. The Morgan fingerprint density at radius 1 is 1.17 bits per heavy atom. The van der Waals surface area contributed by atoms with E-state index in [0.29, 0.717) is 5.76 Å². The van der Waals surface area contributed by atoms with E-state index in [-0.39, 0.29) is 0 Å². The number of fused-ring (bicyclic) bond motifs is 1. The average molecular weight is 238 g/mol. The van der Waals surface area contributed by atoms with Crippen molar-refractivity contribution in [3.63, 3.8) is 0 Å². The molecular weight excluding hydrogens is 228 g/mol. The molecule has 1 N–H and O–H groups in total. The number of nitrogens with zero attached hydrogens (tertiary/aromatic N) is 3. The Bertz CT molecular complexity index is 691. The van der Waals surface area contributed by atoms with Crippen LogP contribution in [0.1, 0.15) is 0 Å². The molecule has 0 fully saturated rings. The van der Waals surface area contributed by atoms with Gasteiger partial charge in [-0.1, -0.05) is 6.58 Å². The van der Waals surface area contributed by atoms with Crippen LogP contribution in [0.25, 0.3) is 22.2 Å². The first-order valence-corrected chi connectivity index (χ1v) is 5.39. The lowest BCUT2D eigenvalue weighted by molar-refractivity contribution is 0.572. The molecule has 3 aromatic rings. The highest BCUT2D eigenvalue weighted by Crippen LogP contribution is 2.23. The third-order valence-electron chi connectivity index (χ3n) is 2.53. The quantitative estimate of drug-likeness (QED) is 0.760. The highest BCUT2D eigenvalue weighted by molar-refractivity contribution is 5.84. The van der Waals surface area contributed by atoms with E-state index in [4.69, 9.17) is 4.42 Å². The van der Waals surface area contributed by atoms with E-state index in [9.17, 15) is 0 Å². The van der Waals surface area contributed by atoms with Gasteiger partial charge in [0.2, 0.25) is 0 Å². The van der Waals surface area contributed by atoms with Crippen LogP contribution in [0.3, 0.4) is 0 Å². The van der Waals surface area contributed by atoms with Crippen LogP contribution in [0, 0.1) is 0 Å². The molecule has 5 nitrogen and oxygen atoms in total. The summed E-state index contributed by atoms with van der Waals surface area (Å²) in [5, 5.41) is 3.92. The SMILES string of the molecule is C=CNc1cc2cc(-c3cnco3)cnc2cn1. The zero-order valence-electron chi connectivity index (χ0n) is 9.50. The molecule has 0 bridgehead atoms. The lowest BCUT2D eigenvalue weighted by atomic mass is 10.1. The topological polar surface area (TPSA) is 63.8 Å². The minimum Gasteiger partial charge on any atom is -0.443 e. The monoisotopic (exact) mass is 238 g/mol. The highest BCUT2D eigenvalue weighted by Gasteiger charge is 2.04. The molecule has 0 unspecified atom stereocenters.